The molecule has 0 atom stereocenters. The van der Waals surface area contributed by atoms with E-state index in [9.17, 15) is 39.5 Å². The minimum atomic E-state index is -5.02. The maximum atomic E-state index is 13.6. The molecule has 0 spiro atoms. The van der Waals surface area contributed by atoms with Crippen molar-refractivity contribution in [3.63, 3.8) is 0 Å². The fraction of sp³-hybridized carbons (Fsp3) is 0.217. The van der Waals surface area contributed by atoms with Gasteiger partial charge >= 0.3 is 18.5 Å². The molecule has 4 aromatic rings. The van der Waals surface area contributed by atoms with E-state index in [1.165, 1.54) is 22.9 Å². The van der Waals surface area contributed by atoms with E-state index < -0.39 is 40.9 Å². The molecule has 0 aliphatic rings. The molecule has 0 aliphatic heterocycles. The van der Waals surface area contributed by atoms with Gasteiger partial charge in [0.25, 0.3) is 0 Å². The first-order valence-corrected chi connectivity index (χ1v) is 10.7. The fourth-order valence-corrected chi connectivity index (χ4v) is 4.69. The number of benzene rings is 2. The summed E-state index contributed by atoms with van der Waals surface area (Å²) < 4.78 is 122. The molecule has 3 nitrogen and oxygen atoms in total. The molecule has 4 rings (SSSR count). The van der Waals surface area contributed by atoms with Crippen LogP contribution in [0.2, 0.25) is 0 Å². The Morgan fingerprint density at radius 2 is 1.50 bits per heavy atom. The van der Waals surface area contributed by atoms with Crippen molar-refractivity contribution in [1.29, 1.82) is 0 Å². The molecule has 0 amide bonds. The number of hydrogen-bond acceptors (Lipinski definition) is 2. The van der Waals surface area contributed by atoms with Gasteiger partial charge in [0.2, 0.25) is 0 Å². The van der Waals surface area contributed by atoms with Gasteiger partial charge in [0.05, 0.1) is 29.8 Å². The monoisotopic (exact) mass is 533 g/mol. The molecular formula is C23H12F9N3S. The van der Waals surface area contributed by atoms with Gasteiger partial charge in [-0.2, -0.15) is 39.5 Å². The van der Waals surface area contributed by atoms with Crippen LogP contribution >= 0.6 is 11.3 Å². The Hall–Kier alpha value is -3.53. The SMILES string of the molecule is [C-]#[N+]c1ccc2c(cc(C)n2Cc2cnc(-c3cc(C(F)(F)F)cc(C(F)(F)F)c3)s2)c1C(F)(F)F. The van der Waals surface area contributed by atoms with Gasteiger partial charge in [0.15, 0.2) is 5.69 Å². The third-order valence-corrected chi connectivity index (χ3v) is 6.41. The third kappa shape index (κ3) is 4.77. The summed E-state index contributed by atoms with van der Waals surface area (Å²) >= 11 is 0.820. The number of thiazole rings is 1. The first-order valence-electron chi connectivity index (χ1n) is 9.91. The van der Waals surface area contributed by atoms with Crippen LogP contribution in [0.4, 0.5) is 45.2 Å². The van der Waals surface area contributed by atoms with Crippen molar-refractivity contribution in [3.8, 4) is 10.6 Å². The van der Waals surface area contributed by atoms with Crippen molar-refractivity contribution in [2.24, 2.45) is 0 Å². The average Bonchev–Trinajstić information content (AvgIpc) is 3.35. The Bertz CT molecular complexity index is 1470. The van der Waals surface area contributed by atoms with Crippen LogP contribution in [0.25, 0.3) is 26.3 Å². The number of halogens is 9. The van der Waals surface area contributed by atoms with Crippen molar-refractivity contribution in [3.05, 3.63) is 81.3 Å². The lowest BCUT2D eigenvalue weighted by molar-refractivity contribution is -0.143. The van der Waals surface area contributed by atoms with Gasteiger partial charge in [-0.3, -0.25) is 0 Å². The zero-order chi connectivity index (χ0) is 26.6. The summed E-state index contributed by atoms with van der Waals surface area (Å²) in [5.74, 6) is 0. The zero-order valence-corrected chi connectivity index (χ0v) is 18.7. The highest BCUT2D eigenvalue weighted by Gasteiger charge is 2.38. The van der Waals surface area contributed by atoms with Gasteiger partial charge < -0.3 is 4.57 Å². The Morgan fingerprint density at radius 3 is 2.03 bits per heavy atom. The van der Waals surface area contributed by atoms with Crippen molar-refractivity contribution in [2.75, 3.05) is 0 Å². The molecule has 2 heterocycles. The van der Waals surface area contributed by atoms with Crippen LogP contribution in [0.5, 0.6) is 0 Å². The van der Waals surface area contributed by atoms with Gasteiger partial charge in [-0.15, -0.1) is 11.3 Å². The van der Waals surface area contributed by atoms with Gasteiger partial charge in [-0.05, 0) is 37.3 Å². The van der Waals surface area contributed by atoms with Gasteiger partial charge in [0, 0.05) is 33.2 Å². The molecule has 0 fully saturated rings. The van der Waals surface area contributed by atoms with Crippen LogP contribution < -0.4 is 0 Å². The summed E-state index contributed by atoms with van der Waals surface area (Å²) in [6, 6.07) is 4.83. The minimum Gasteiger partial charge on any atom is -0.340 e. The van der Waals surface area contributed by atoms with Gasteiger partial charge in [-0.25, -0.2) is 9.83 Å². The third-order valence-electron chi connectivity index (χ3n) is 5.38. The van der Waals surface area contributed by atoms with Gasteiger partial charge in [0.1, 0.15) is 5.01 Å². The number of nitrogens with zero attached hydrogens (tertiary/aromatic N) is 3. The molecule has 0 bridgehead atoms. The van der Waals surface area contributed by atoms with Crippen molar-refractivity contribution >= 4 is 27.9 Å². The minimum absolute atomic E-state index is 0.0168. The number of aromatic nitrogens is 2. The lowest BCUT2D eigenvalue weighted by atomic mass is 10.1. The van der Waals surface area contributed by atoms with E-state index in [1.54, 1.807) is 6.92 Å². The Kier molecular flexibility index (Phi) is 6.07. The zero-order valence-electron chi connectivity index (χ0n) is 17.9. The molecule has 188 valence electrons. The summed E-state index contributed by atoms with van der Waals surface area (Å²) in [5, 5.41) is -0.298. The highest BCUT2D eigenvalue weighted by Crippen LogP contribution is 2.43. The van der Waals surface area contributed by atoms with E-state index >= 15 is 0 Å². The first-order chi connectivity index (χ1) is 16.6. The highest BCUT2D eigenvalue weighted by molar-refractivity contribution is 7.15. The predicted octanol–water partition coefficient (Wildman–Crippen LogP) is 8.73. The Labute approximate surface area is 201 Å². The first kappa shape index (κ1) is 25.6. The molecule has 0 N–H and O–H groups in total. The van der Waals surface area contributed by atoms with Crippen LogP contribution in [0.15, 0.2) is 42.6 Å². The molecule has 36 heavy (non-hydrogen) atoms. The van der Waals surface area contributed by atoms with E-state index in [2.05, 4.69) is 9.83 Å². The van der Waals surface area contributed by atoms with E-state index in [0.29, 0.717) is 22.7 Å². The Balaban J connectivity index is 1.77. The smallest absolute Gasteiger partial charge is 0.340 e. The lowest BCUT2D eigenvalue weighted by Crippen LogP contribution is -2.11. The largest absolute Gasteiger partial charge is 0.416 e. The second-order valence-corrected chi connectivity index (χ2v) is 8.92. The van der Waals surface area contributed by atoms with Crippen LogP contribution in [-0.2, 0) is 25.1 Å². The van der Waals surface area contributed by atoms with E-state index in [1.807, 2.05) is 0 Å². The number of hydrogen-bond donors (Lipinski definition) is 0. The normalized spacial score (nSPS) is 12.8. The van der Waals surface area contributed by atoms with Crippen molar-refractivity contribution in [2.45, 2.75) is 32.0 Å². The number of fused-ring (bicyclic) bond motifs is 1. The number of alkyl halides is 9. The number of rotatable bonds is 3. The van der Waals surface area contributed by atoms with E-state index in [0.717, 1.165) is 17.4 Å². The van der Waals surface area contributed by atoms with Crippen LogP contribution in [0.3, 0.4) is 0 Å². The van der Waals surface area contributed by atoms with Crippen molar-refractivity contribution in [1.82, 2.24) is 9.55 Å². The molecule has 0 saturated heterocycles. The molecule has 2 aromatic heterocycles. The summed E-state index contributed by atoms with van der Waals surface area (Å²) in [7, 11) is 0. The molecule has 0 unspecified atom stereocenters. The van der Waals surface area contributed by atoms with Crippen molar-refractivity contribution < 1.29 is 39.5 Å². The molecule has 0 radical (unpaired) electrons. The van der Waals surface area contributed by atoms with E-state index in [-0.39, 0.29) is 34.1 Å². The second-order valence-electron chi connectivity index (χ2n) is 7.80. The summed E-state index contributed by atoms with van der Waals surface area (Å²) in [6.07, 6.45) is -13.6. The summed E-state index contributed by atoms with van der Waals surface area (Å²) in [5.41, 5.74) is -4.41. The van der Waals surface area contributed by atoms with Gasteiger partial charge in [-0.1, -0.05) is 6.07 Å². The lowest BCUT2D eigenvalue weighted by Gasteiger charge is -2.13. The maximum Gasteiger partial charge on any atom is 0.416 e. The standard InChI is InChI=1S/C23H12F9N3S/c1-11-5-16-18(4-3-17(33-2)19(16)23(30,31)32)35(11)10-15-9-34-20(36-15)12-6-13(21(24,25)26)8-14(7-12)22(27,28)29/h3-9H,10H2,1H3. The maximum absolute atomic E-state index is 13.6. The summed E-state index contributed by atoms with van der Waals surface area (Å²) in [4.78, 5) is 7.29. The molecule has 0 aliphatic carbocycles. The topological polar surface area (TPSA) is 22.2 Å². The quantitative estimate of drug-likeness (QED) is 0.191. The molecule has 0 saturated carbocycles. The highest BCUT2D eigenvalue weighted by atomic mass is 32.1. The Morgan fingerprint density at radius 1 is 0.889 bits per heavy atom. The molecule has 13 heteroatoms. The second kappa shape index (κ2) is 8.55. The fourth-order valence-electron chi connectivity index (χ4n) is 3.80. The van der Waals surface area contributed by atoms with Crippen LogP contribution in [-0.4, -0.2) is 9.55 Å². The van der Waals surface area contributed by atoms with Crippen LogP contribution in [0.1, 0.15) is 27.3 Å². The molecule has 2 aromatic carbocycles. The predicted molar refractivity (Wildman–Crippen MR) is 115 cm³/mol. The number of aryl methyl sites for hydroxylation is 1. The molecular weight excluding hydrogens is 521 g/mol. The van der Waals surface area contributed by atoms with Crippen LogP contribution in [0, 0.1) is 13.5 Å². The van der Waals surface area contributed by atoms with E-state index in [4.69, 9.17) is 6.57 Å². The summed E-state index contributed by atoms with van der Waals surface area (Å²) in [6.45, 7) is 8.55. The average molecular weight is 533 g/mol.